The van der Waals surface area contributed by atoms with Crippen LogP contribution in [0.1, 0.15) is 39.0 Å². The molecule has 1 aliphatic heterocycles. The average Bonchev–Trinajstić information content (AvgIpc) is 2.67. The second-order valence-corrected chi connectivity index (χ2v) is 6.52. The number of hydrogen-bond acceptors (Lipinski definition) is 2. The highest BCUT2D eigenvalue weighted by Gasteiger charge is 2.43. The summed E-state index contributed by atoms with van der Waals surface area (Å²) in [5.74, 6) is 1.76. The van der Waals surface area contributed by atoms with Crippen molar-refractivity contribution >= 4 is 12.4 Å². The first-order chi connectivity index (χ1) is 7.16. The molecule has 0 radical (unpaired) electrons. The molecule has 0 aromatic rings. The molecule has 0 amide bonds. The van der Waals surface area contributed by atoms with Crippen molar-refractivity contribution in [1.29, 1.82) is 0 Å². The smallest absolute Gasteiger partial charge is 0.00826 e. The van der Waals surface area contributed by atoms with Crippen LogP contribution in [0, 0.1) is 17.3 Å². The first-order valence-corrected chi connectivity index (χ1v) is 6.64. The minimum absolute atomic E-state index is 0. The molecule has 1 saturated heterocycles. The third kappa shape index (κ3) is 2.12. The first-order valence-electron chi connectivity index (χ1n) is 6.64. The van der Waals surface area contributed by atoms with Crippen LogP contribution in [0.3, 0.4) is 0 Å². The maximum Gasteiger partial charge on any atom is 0.00826 e. The standard InChI is InChI=1S/C13H24N2.ClH/c1-13(5-2-6-13)9-15-7-10-3-4-12(14)11(10)8-15;/h10-12H,2-9,14H2,1H3;1H. The number of halogens is 1. The van der Waals surface area contributed by atoms with E-state index in [4.69, 9.17) is 5.73 Å². The van der Waals surface area contributed by atoms with Crippen molar-refractivity contribution < 1.29 is 0 Å². The Bertz CT molecular complexity index is 252. The van der Waals surface area contributed by atoms with Crippen LogP contribution in [-0.4, -0.2) is 30.6 Å². The Morgan fingerprint density at radius 3 is 2.56 bits per heavy atom. The molecule has 3 aliphatic rings. The lowest BCUT2D eigenvalue weighted by molar-refractivity contribution is 0.0936. The molecule has 3 unspecified atom stereocenters. The van der Waals surface area contributed by atoms with Crippen LogP contribution < -0.4 is 5.73 Å². The molecule has 3 heteroatoms. The zero-order valence-corrected chi connectivity index (χ0v) is 11.1. The molecule has 2 aliphatic carbocycles. The highest BCUT2D eigenvalue weighted by molar-refractivity contribution is 5.85. The van der Waals surface area contributed by atoms with E-state index in [1.165, 1.54) is 51.7 Å². The Morgan fingerprint density at radius 2 is 2.00 bits per heavy atom. The largest absolute Gasteiger partial charge is 0.327 e. The fourth-order valence-corrected chi connectivity index (χ4v) is 4.01. The molecule has 3 fully saturated rings. The third-order valence-electron chi connectivity index (χ3n) is 5.15. The molecule has 0 bridgehead atoms. The van der Waals surface area contributed by atoms with Crippen molar-refractivity contribution in [2.45, 2.75) is 45.1 Å². The van der Waals surface area contributed by atoms with Gasteiger partial charge in [0.15, 0.2) is 0 Å². The number of nitrogens with two attached hydrogens (primary N) is 1. The molecule has 1 heterocycles. The van der Waals surface area contributed by atoms with Crippen LogP contribution in [0.5, 0.6) is 0 Å². The maximum absolute atomic E-state index is 6.17. The van der Waals surface area contributed by atoms with E-state index in [-0.39, 0.29) is 12.4 Å². The van der Waals surface area contributed by atoms with Crippen molar-refractivity contribution in [3.8, 4) is 0 Å². The van der Waals surface area contributed by atoms with E-state index in [1.54, 1.807) is 0 Å². The molecule has 3 atom stereocenters. The van der Waals surface area contributed by atoms with Gasteiger partial charge >= 0.3 is 0 Å². The fourth-order valence-electron chi connectivity index (χ4n) is 4.01. The summed E-state index contributed by atoms with van der Waals surface area (Å²) in [5, 5.41) is 0. The van der Waals surface area contributed by atoms with Crippen LogP contribution in [0.25, 0.3) is 0 Å². The molecule has 0 aromatic carbocycles. The van der Waals surface area contributed by atoms with Crippen molar-refractivity contribution in [1.82, 2.24) is 4.90 Å². The van der Waals surface area contributed by atoms with Crippen LogP contribution >= 0.6 is 12.4 Å². The second kappa shape index (κ2) is 4.47. The lowest BCUT2D eigenvalue weighted by atomic mass is 9.70. The van der Waals surface area contributed by atoms with Crippen molar-refractivity contribution in [2.24, 2.45) is 23.0 Å². The molecule has 2 nitrogen and oxygen atoms in total. The van der Waals surface area contributed by atoms with Crippen LogP contribution in [-0.2, 0) is 0 Å². The third-order valence-corrected chi connectivity index (χ3v) is 5.15. The van der Waals surface area contributed by atoms with Crippen molar-refractivity contribution in [3.05, 3.63) is 0 Å². The summed E-state index contributed by atoms with van der Waals surface area (Å²) in [6.07, 6.45) is 7.02. The molecule has 16 heavy (non-hydrogen) atoms. The summed E-state index contributed by atoms with van der Waals surface area (Å²) in [6, 6.07) is 0.509. The normalized spacial score (nSPS) is 41.2. The van der Waals surface area contributed by atoms with Gasteiger partial charge in [-0.2, -0.15) is 0 Å². The van der Waals surface area contributed by atoms with Gasteiger partial charge in [-0.25, -0.2) is 0 Å². The van der Waals surface area contributed by atoms with E-state index in [0.29, 0.717) is 11.5 Å². The Hall–Kier alpha value is 0.210. The molecule has 94 valence electrons. The monoisotopic (exact) mass is 244 g/mol. The van der Waals surface area contributed by atoms with Gasteiger partial charge < -0.3 is 10.6 Å². The van der Waals surface area contributed by atoms with Crippen molar-refractivity contribution in [3.63, 3.8) is 0 Å². The number of rotatable bonds is 2. The number of fused-ring (bicyclic) bond motifs is 1. The van der Waals surface area contributed by atoms with Gasteiger partial charge in [0.05, 0.1) is 0 Å². The average molecular weight is 245 g/mol. The zero-order chi connectivity index (χ0) is 10.5. The predicted octanol–water partition coefficient (Wildman–Crippen LogP) is 2.27. The molecule has 0 spiro atoms. The van der Waals surface area contributed by atoms with E-state index in [2.05, 4.69) is 11.8 Å². The van der Waals surface area contributed by atoms with Gasteiger partial charge in [-0.1, -0.05) is 13.3 Å². The minimum Gasteiger partial charge on any atom is -0.327 e. The summed E-state index contributed by atoms with van der Waals surface area (Å²) in [5.41, 5.74) is 6.82. The lowest BCUT2D eigenvalue weighted by Crippen LogP contribution is -2.40. The van der Waals surface area contributed by atoms with Crippen LogP contribution in [0.2, 0.25) is 0 Å². The Balaban J connectivity index is 0.000000963. The SMILES string of the molecule is CC1(CN2CC3CCC(N)C3C2)CCC1.Cl. The molecule has 3 rings (SSSR count). The maximum atomic E-state index is 6.17. The lowest BCUT2D eigenvalue weighted by Gasteiger charge is -2.41. The van der Waals surface area contributed by atoms with Gasteiger partial charge in [-0.05, 0) is 42.9 Å². The van der Waals surface area contributed by atoms with E-state index in [0.717, 1.165) is 11.8 Å². The van der Waals surface area contributed by atoms with Gasteiger partial charge in [0, 0.05) is 25.7 Å². The molecular weight excluding hydrogens is 220 g/mol. The summed E-state index contributed by atoms with van der Waals surface area (Å²) >= 11 is 0. The highest BCUT2D eigenvalue weighted by atomic mass is 35.5. The van der Waals surface area contributed by atoms with E-state index >= 15 is 0 Å². The van der Waals surface area contributed by atoms with Crippen LogP contribution in [0.4, 0.5) is 0 Å². The molecular formula is C13H25ClN2. The topological polar surface area (TPSA) is 29.3 Å². The number of likely N-dealkylation sites (tertiary alicyclic amines) is 1. The highest BCUT2D eigenvalue weighted by Crippen LogP contribution is 2.44. The van der Waals surface area contributed by atoms with E-state index in [1.807, 2.05) is 0 Å². The Labute approximate surface area is 105 Å². The minimum atomic E-state index is 0. The summed E-state index contributed by atoms with van der Waals surface area (Å²) in [4.78, 5) is 2.70. The molecule has 2 saturated carbocycles. The van der Waals surface area contributed by atoms with Gasteiger partial charge in [0.2, 0.25) is 0 Å². The van der Waals surface area contributed by atoms with Gasteiger partial charge in [-0.15, -0.1) is 12.4 Å². The summed E-state index contributed by atoms with van der Waals surface area (Å²) in [7, 11) is 0. The zero-order valence-electron chi connectivity index (χ0n) is 10.3. The van der Waals surface area contributed by atoms with Crippen molar-refractivity contribution in [2.75, 3.05) is 19.6 Å². The fraction of sp³-hybridized carbons (Fsp3) is 1.00. The first kappa shape index (κ1) is 12.7. The van der Waals surface area contributed by atoms with Crippen LogP contribution in [0.15, 0.2) is 0 Å². The van der Waals surface area contributed by atoms with Gasteiger partial charge in [0.25, 0.3) is 0 Å². The van der Waals surface area contributed by atoms with E-state index < -0.39 is 0 Å². The van der Waals surface area contributed by atoms with Gasteiger partial charge in [-0.3, -0.25) is 0 Å². The second-order valence-electron chi connectivity index (χ2n) is 6.52. The quantitative estimate of drug-likeness (QED) is 0.808. The summed E-state index contributed by atoms with van der Waals surface area (Å²) in [6.45, 7) is 6.44. The molecule has 2 N–H and O–H groups in total. The number of hydrogen-bond donors (Lipinski definition) is 1. The predicted molar refractivity (Wildman–Crippen MR) is 69.8 cm³/mol. The van der Waals surface area contributed by atoms with Gasteiger partial charge in [0.1, 0.15) is 0 Å². The number of nitrogens with zero attached hydrogens (tertiary/aromatic N) is 1. The Kier molecular flexibility index (Phi) is 3.54. The molecule has 0 aromatic heterocycles. The Morgan fingerprint density at radius 1 is 1.25 bits per heavy atom. The summed E-state index contributed by atoms with van der Waals surface area (Å²) < 4.78 is 0. The van der Waals surface area contributed by atoms with E-state index in [9.17, 15) is 0 Å².